The lowest BCUT2D eigenvalue weighted by Gasteiger charge is -2.15. The fourth-order valence-corrected chi connectivity index (χ4v) is 1.28. The quantitative estimate of drug-likeness (QED) is 0.807. The number of rotatable bonds is 3. The zero-order valence-corrected chi connectivity index (χ0v) is 9.58. The Labute approximate surface area is 91.1 Å². The van der Waals surface area contributed by atoms with E-state index in [9.17, 15) is 4.79 Å². The summed E-state index contributed by atoms with van der Waals surface area (Å²) in [7, 11) is 1.78. The highest BCUT2D eigenvalue weighted by Crippen LogP contribution is 2.03. The van der Waals surface area contributed by atoms with Crippen LogP contribution in [0.25, 0.3) is 0 Å². The molecule has 3 heteroatoms. The minimum Gasteiger partial charge on any atom is -0.334 e. The van der Waals surface area contributed by atoms with E-state index < -0.39 is 0 Å². The smallest absolute Gasteiger partial charge is 0.317 e. The van der Waals surface area contributed by atoms with Crippen LogP contribution in [0.1, 0.15) is 18.1 Å². The molecule has 0 fully saturated rings. The van der Waals surface area contributed by atoms with Crippen LogP contribution in [0.4, 0.5) is 4.79 Å². The summed E-state index contributed by atoms with van der Waals surface area (Å²) in [4.78, 5) is 13.1. The Morgan fingerprint density at radius 2 is 2.20 bits per heavy atom. The Morgan fingerprint density at radius 1 is 1.47 bits per heavy atom. The number of urea groups is 1. The van der Waals surface area contributed by atoms with Crippen LogP contribution in [0.3, 0.4) is 0 Å². The van der Waals surface area contributed by atoms with Gasteiger partial charge in [0.25, 0.3) is 0 Å². The van der Waals surface area contributed by atoms with Crippen LogP contribution in [-0.4, -0.2) is 24.5 Å². The maximum absolute atomic E-state index is 11.4. The van der Waals surface area contributed by atoms with Crippen molar-refractivity contribution in [3.63, 3.8) is 0 Å². The highest BCUT2D eigenvalue weighted by atomic mass is 16.2. The van der Waals surface area contributed by atoms with Crippen molar-refractivity contribution in [3.05, 3.63) is 35.4 Å². The highest BCUT2D eigenvalue weighted by Gasteiger charge is 2.04. The summed E-state index contributed by atoms with van der Waals surface area (Å²) in [6, 6.07) is 8.11. The number of amides is 2. The molecule has 0 heterocycles. The molecule has 3 nitrogen and oxygen atoms in total. The second kappa shape index (κ2) is 5.39. The molecule has 0 aromatic heterocycles. The number of benzene rings is 1. The molecule has 0 spiro atoms. The van der Waals surface area contributed by atoms with E-state index in [1.165, 1.54) is 5.56 Å². The molecular weight excluding hydrogens is 188 g/mol. The molecule has 0 aliphatic carbocycles. The molecule has 0 saturated heterocycles. The maximum Gasteiger partial charge on any atom is 0.317 e. The molecule has 1 N–H and O–H groups in total. The van der Waals surface area contributed by atoms with Crippen LogP contribution >= 0.6 is 0 Å². The van der Waals surface area contributed by atoms with Gasteiger partial charge in [0.15, 0.2) is 0 Å². The summed E-state index contributed by atoms with van der Waals surface area (Å²) >= 11 is 0. The number of carbonyl (C=O) groups is 1. The number of hydrogen-bond donors (Lipinski definition) is 1. The van der Waals surface area contributed by atoms with Crippen LogP contribution in [0.5, 0.6) is 0 Å². The molecule has 0 aliphatic heterocycles. The fourth-order valence-electron chi connectivity index (χ4n) is 1.28. The van der Waals surface area contributed by atoms with E-state index in [4.69, 9.17) is 0 Å². The van der Waals surface area contributed by atoms with Gasteiger partial charge in [-0.1, -0.05) is 29.8 Å². The average molecular weight is 206 g/mol. The molecule has 0 unspecified atom stereocenters. The molecule has 2 amide bonds. The first-order valence-electron chi connectivity index (χ1n) is 5.18. The highest BCUT2D eigenvalue weighted by molar-refractivity contribution is 5.73. The molecule has 0 radical (unpaired) electrons. The van der Waals surface area contributed by atoms with Crippen LogP contribution in [0, 0.1) is 6.92 Å². The minimum absolute atomic E-state index is 0.0287. The Hall–Kier alpha value is -1.51. The van der Waals surface area contributed by atoms with E-state index in [1.54, 1.807) is 11.9 Å². The van der Waals surface area contributed by atoms with E-state index in [2.05, 4.69) is 11.4 Å². The number of aryl methyl sites for hydroxylation is 1. The Balaban J connectivity index is 2.47. The molecule has 0 aliphatic rings. The zero-order chi connectivity index (χ0) is 11.3. The van der Waals surface area contributed by atoms with Gasteiger partial charge in [-0.2, -0.15) is 0 Å². The number of nitrogens with one attached hydrogen (secondary N) is 1. The molecule has 0 atom stereocenters. The summed E-state index contributed by atoms with van der Waals surface area (Å²) in [6.07, 6.45) is 0. The SMILES string of the molecule is CCN(C)C(=O)NCc1cccc(C)c1. The summed E-state index contributed by atoms with van der Waals surface area (Å²) in [5, 5.41) is 2.86. The van der Waals surface area contributed by atoms with E-state index in [1.807, 2.05) is 32.0 Å². The van der Waals surface area contributed by atoms with Gasteiger partial charge in [0.1, 0.15) is 0 Å². The molecule has 15 heavy (non-hydrogen) atoms. The second-order valence-electron chi connectivity index (χ2n) is 3.66. The van der Waals surface area contributed by atoms with Crippen molar-refractivity contribution in [3.8, 4) is 0 Å². The first-order valence-corrected chi connectivity index (χ1v) is 5.18. The van der Waals surface area contributed by atoms with Crippen molar-refractivity contribution in [1.29, 1.82) is 0 Å². The van der Waals surface area contributed by atoms with Crippen LogP contribution in [0.2, 0.25) is 0 Å². The normalized spacial score (nSPS) is 9.80. The van der Waals surface area contributed by atoms with Gasteiger partial charge in [-0.3, -0.25) is 0 Å². The number of nitrogens with zero attached hydrogens (tertiary/aromatic N) is 1. The lowest BCUT2D eigenvalue weighted by atomic mass is 10.1. The monoisotopic (exact) mass is 206 g/mol. The first kappa shape index (κ1) is 11.6. The molecule has 82 valence electrons. The lowest BCUT2D eigenvalue weighted by molar-refractivity contribution is 0.210. The molecule has 0 saturated carbocycles. The second-order valence-corrected chi connectivity index (χ2v) is 3.66. The van der Waals surface area contributed by atoms with Crippen molar-refractivity contribution in [2.24, 2.45) is 0 Å². The van der Waals surface area contributed by atoms with Crippen molar-refractivity contribution in [2.45, 2.75) is 20.4 Å². The minimum atomic E-state index is -0.0287. The van der Waals surface area contributed by atoms with Crippen LogP contribution in [0.15, 0.2) is 24.3 Å². The first-order chi connectivity index (χ1) is 7.13. The average Bonchev–Trinajstić information content (AvgIpc) is 2.25. The van der Waals surface area contributed by atoms with E-state index in [-0.39, 0.29) is 6.03 Å². The fraction of sp³-hybridized carbons (Fsp3) is 0.417. The van der Waals surface area contributed by atoms with Crippen molar-refractivity contribution in [2.75, 3.05) is 13.6 Å². The van der Waals surface area contributed by atoms with Gasteiger partial charge in [-0.25, -0.2) is 4.79 Å². The number of hydrogen-bond acceptors (Lipinski definition) is 1. The molecule has 1 aromatic carbocycles. The van der Waals surface area contributed by atoms with Crippen molar-refractivity contribution >= 4 is 6.03 Å². The third-order valence-electron chi connectivity index (χ3n) is 2.35. The summed E-state index contributed by atoms with van der Waals surface area (Å²) in [6.45, 7) is 5.31. The Kier molecular flexibility index (Phi) is 4.16. The van der Waals surface area contributed by atoms with Crippen molar-refractivity contribution in [1.82, 2.24) is 10.2 Å². The van der Waals surface area contributed by atoms with Crippen LogP contribution < -0.4 is 5.32 Å². The van der Waals surface area contributed by atoms with Gasteiger partial charge in [-0.15, -0.1) is 0 Å². The van der Waals surface area contributed by atoms with Crippen molar-refractivity contribution < 1.29 is 4.79 Å². The lowest BCUT2D eigenvalue weighted by Crippen LogP contribution is -2.36. The van der Waals surface area contributed by atoms with Gasteiger partial charge < -0.3 is 10.2 Å². The number of carbonyl (C=O) groups excluding carboxylic acids is 1. The molecular formula is C12H18N2O. The predicted octanol–water partition coefficient (Wildman–Crippen LogP) is 2.16. The third kappa shape index (κ3) is 3.62. The zero-order valence-electron chi connectivity index (χ0n) is 9.58. The summed E-state index contributed by atoms with van der Waals surface area (Å²) in [5.74, 6) is 0. The largest absolute Gasteiger partial charge is 0.334 e. The van der Waals surface area contributed by atoms with E-state index >= 15 is 0 Å². The van der Waals surface area contributed by atoms with Gasteiger partial charge >= 0.3 is 6.03 Å². The Morgan fingerprint density at radius 3 is 2.80 bits per heavy atom. The van der Waals surface area contributed by atoms with E-state index in [0.29, 0.717) is 6.54 Å². The van der Waals surface area contributed by atoms with Gasteiger partial charge in [0.2, 0.25) is 0 Å². The van der Waals surface area contributed by atoms with Gasteiger partial charge in [0.05, 0.1) is 0 Å². The van der Waals surface area contributed by atoms with Gasteiger partial charge in [0, 0.05) is 20.1 Å². The topological polar surface area (TPSA) is 32.3 Å². The molecule has 1 rings (SSSR count). The van der Waals surface area contributed by atoms with Gasteiger partial charge in [-0.05, 0) is 19.4 Å². The maximum atomic E-state index is 11.4. The summed E-state index contributed by atoms with van der Waals surface area (Å²) < 4.78 is 0. The van der Waals surface area contributed by atoms with Crippen LogP contribution in [-0.2, 0) is 6.54 Å². The predicted molar refractivity (Wildman–Crippen MR) is 61.7 cm³/mol. The summed E-state index contributed by atoms with van der Waals surface area (Å²) in [5.41, 5.74) is 2.35. The molecule has 1 aromatic rings. The standard InChI is InChI=1S/C12H18N2O/c1-4-14(3)12(15)13-9-11-7-5-6-10(2)8-11/h5-8H,4,9H2,1-3H3,(H,13,15). The molecule has 0 bridgehead atoms. The van der Waals surface area contributed by atoms with E-state index in [0.717, 1.165) is 12.1 Å². The third-order valence-corrected chi connectivity index (χ3v) is 2.35. The Bertz CT molecular complexity index is 336.